The molecule has 3 aliphatic rings. The van der Waals surface area contributed by atoms with E-state index < -0.39 is 0 Å². The standard InChI is InChI=1S/C42H49N5O7/c1-30(38(23-43)37-9-10-41(46-40(37)26-49)47-14-12-32-3-2-4-33(25-48)39(32)24-47)44-28-42-13-11-34(42)21-36(22-42)54-20-19-52-16-15-51-17-18-53-27-31-5-7-35(8-6-31)45-29-50/h2-10,21,23,25-26,29,36H,11-20,22,24,27-28,43H2,1H3,(H,45,50). The first-order valence-electron chi connectivity index (χ1n) is 18.5. The quantitative estimate of drug-likeness (QED) is 0.0634. The Labute approximate surface area is 316 Å². The molecule has 2 aromatic carbocycles. The maximum Gasteiger partial charge on any atom is 0.211 e. The predicted octanol–water partition coefficient (Wildman–Crippen LogP) is 5.34. The second-order valence-corrected chi connectivity index (χ2v) is 13.8. The summed E-state index contributed by atoms with van der Waals surface area (Å²) in [7, 11) is 0. The lowest BCUT2D eigenvalue weighted by molar-refractivity contribution is -0.105. The maximum atomic E-state index is 12.3. The van der Waals surface area contributed by atoms with Crippen molar-refractivity contribution in [3.8, 4) is 0 Å². The van der Waals surface area contributed by atoms with Crippen molar-refractivity contribution in [2.24, 2.45) is 16.1 Å². The Morgan fingerprint density at radius 3 is 2.44 bits per heavy atom. The number of amides is 1. The lowest BCUT2D eigenvalue weighted by atomic mass is 9.65. The molecule has 12 nitrogen and oxygen atoms in total. The Bertz CT molecular complexity index is 1870. The van der Waals surface area contributed by atoms with E-state index in [-0.39, 0.29) is 11.5 Å². The van der Waals surface area contributed by atoms with Gasteiger partial charge in [-0.1, -0.05) is 42.0 Å². The first-order valence-corrected chi connectivity index (χ1v) is 18.5. The molecule has 54 heavy (non-hydrogen) atoms. The topological polar surface area (TPSA) is 155 Å². The van der Waals surface area contributed by atoms with Gasteiger partial charge in [0.05, 0.1) is 52.4 Å². The molecule has 1 saturated carbocycles. The first-order chi connectivity index (χ1) is 26.5. The number of pyridine rings is 1. The molecule has 12 heteroatoms. The van der Waals surface area contributed by atoms with Crippen LogP contribution in [0.1, 0.15) is 69.3 Å². The Balaban J connectivity index is 0.908. The van der Waals surface area contributed by atoms with Crippen molar-refractivity contribution in [1.29, 1.82) is 0 Å². The zero-order chi connectivity index (χ0) is 37.8. The van der Waals surface area contributed by atoms with Crippen molar-refractivity contribution in [2.75, 3.05) is 62.9 Å². The van der Waals surface area contributed by atoms with Crippen LogP contribution in [0.25, 0.3) is 5.57 Å². The molecule has 0 bridgehead atoms. The normalized spacial score (nSPS) is 19.4. The molecule has 0 saturated heterocycles. The average molecular weight is 736 g/mol. The summed E-state index contributed by atoms with van der Waals surface area (Å²) in [5.41, 5.74) is 14.5. The van der Waals surface area contributed by atoms with Crippen LogP contribution in [0.5, 0.6) is 0 Å². The molecule has 2 unspecified atom stereocenters. The molecule has 2 heterocycles. The Morgan fingerprint density at radius 1 is 0.963 bits per heavy atom. The number of anilines is 2. The van der Waals surface area contributed by atoms with Gasteiger partial charge in [0, 0.05) is 59.3 Å². The zero-order valence-electron chi connectivity index (χ0n) is 30.8. The molecular weight excluding hydrogens is 686 g/mol. The summed E-state index contributed by atoms with van der Waals surface area (Å²) in [6.45, 7) is 7.23. The van der Waals surface area contributed by atoms with Crippen molar-refractivity contribution in [3.05, 3.63) is 106 Å². The minimum atomic E-state index is -0.0139. The predicted molar refractivity (Wildman–Crippen MR) is 208 cm³/mol. The van der Waals surface area contributed by atoms with Crippen molar-refractivity contribution in [3.63, 3.8) is 0 Å². The SMILES string of the molecule is CC(=NCC12CCC1=CC(OCCOCCOCCOCc1ccc(NC=O)cc1)C2)C(=CN)c1ccc(N2CCc3cccc(C=O)c3C2)nc1C=O. The lowest BCUT2D eigenvalue weighted by Crippen LogP contribution is -2.34. The Hall–Kier alpha value is -5.01. The van der Waals surface area contributed by atoms with Crippen LogP contribution in [-0.2, 0) is 43.3 Å². The molecule has 3 N–H and O–H groups in total. The number of fused-ring (bicyclic) bond motifs is 2. The van der Waals surface area contributed by atoms with E-state index in [0.29, 0.717) is 94.0 Å². The summed E-state index contributed by atoms with van der Waals surface area (Å²) >= 11 is 0. The maximum absolute atomic E-state index is 12.3. The smallest absolute Gasteiger partial charge is 0.211 e. The number of aromatic nitrogens is 1. The molecule has 1 aromatic heterocycles. The van der Waals surface area contributed by atoms with E-state index >= 15 is 0 Å². The van der Waals surface area contributed by atoms with E-state index in [0.717, 1.165) is 67.3 Å². The molecule has 0 spiro atoms. The van der Waals surface area contributed by atoms with Gasteiger partial charge in [-0.05, 0) is 73.6 Å². The first kappa shape index (κ1) is 38.7. The van der Waals surface area contributed by atoms with Gasteiger partial charge in [-0.3, -0.25) is 19.4 Å². The number of carbonyl (C=O) groups excluding carboxylic acids is 3. The fraction of sp³-hybridized carbons (Fsp3) is 0.405. The van der Waals surface area contributed by atoms with Crippen LogP contribution in [-0.4, -0.2) is 88.5 Å². The highest BCUT2D eigenvalue weighted by Gasteiger charge is 2.47. The van der Waals surface area contributed by atoms with Crippen LogP contribution in [0, 0.1) is 5.41 Å². The van der Waals surface area contributed by atoms with Crippen LogP contribution in [0.15, 0.2) is 77.4 Å². The molecular formula is C42H49N5O7. The van der Waals surface area contributed by atoms with Gasteiger partial charge in [0.25, 0.3) is 0 Å². The van der Waals surface area contributed by atoms with E-state index in [1.54, 1.807) is 0 Å². The number of hydrogen-bond donors (Lipinski definition) is 2. The second kappa shape index (κ2) is 18.8. The fourth-order valence-corrected chi connectivity index (χ4v) is 7.42. The Morgan fingerprint density at radius 2 is 1.74 bits per heavy atom. The molecule has 1 aliphatic heterocycles. The highest BCUT2D eigenvalue weighted by Crippen LogP contribution is 2.54. The van der Waals surface area contributed by atoms with E-state index in [2.05, 4.69) is 22.4 Å². The summed E-state index contributed by atoms with van der Waals surface area (Å²) in [4.78, 5) is 46.3. The molecule has 1 amide bonds. The van der Waals surface area contributed by atoms with Gasteiger partial charge >= 0.3 is 0 Å². The van der Waals surface area contributed by atoms with Gasteiger partial charge in [-0.15, -0.1) is 0 Å². The van der Waals surface area contributed by atoms with Crippen LogP contribution in [0.4, 0.5) is 11.5 Å². The number of rotatable bonds is 21. The van der Waals surface area contributed by atoms with Crippen LogP contribution in [0.2, 0.25) is 0 Å². The highest BCUT2D eigenvalue weighted by molar-refractivity contribution is 6.23. The minimum absolute atomic E-state index is 0.0139. The molecule has 0 radical (unpaired) electrons. The number of hydrogen-bond acceptors (Lipinski definition) is 11. The summed E-state index contributed by atoms with van der Waals surface area (Å²) < 4.78 is 23.1. The Kier molecular flexibility index (Phi) is 13.5. The fourth-order valence-electron chi connectivity index (χ4n) is 7.42. The number of aliphatic imine (C=N–C) groups is 1. The molecule has 2 atom stereocenters. The molecule has 3 aromatic rings. The number of carbonyl (C=O) groups is 3. The summed E-state index contributed by atoms with van der Waals surface area (Å²) in [5.74, 6) is 0.685. The molecule has 284 valence electrons. The zero-order valence-corrected chi connectivity index (χ0v) is 30.8. The van der Waals surface area contributed by atoms with Crippen LogP contribution in [0.3, 0.4) is 0 Å². The van der Waals surface area contributed by atoms with Crippen molar-refractivity contribution in [2.45, 2.75) is 51.9 Å². The van der Waals surface area contributed by atoms with Crippen molar-refractivity contribution in [1.82, 2.24) is 4.98 Å². The number of nitrogens with two attached hydrogens (primary N) is 1. The minimum Gasteiger partial charge on any atom is -0.404 e. The number of benzene rings is 2. The van der Waals surface area contributed by atoms with E-state index in [4.69, 9.17) is 34.7 Å². The van der Waals surface area contributed by atoms with E-state index in [1.807, 2.05) is 55.5 Å². The van der Waals surface area contributed by atoms with Crippen molar-refractivity contribution >= 4 is 41.8 Å². The number of nitrogens with zero attached hydrogens (tertiary/aromatic N) is 3. The summed E-state index contributed by atoms with van der Waals surface area (Å²) in [6.07, 6.45) is 9.87. The molecule has 6 rings (SSSR count). The third-order valence-corrected chi connectivity index (χ3v) is 10.5. The monoisotopic (exact) mass is 735 g/mol. The number of aldehydes is 2. The second-order valence-electron chi connectivity index (χ2n) is 13.8. The third-order valence-electron chi connectivity index (χ3n) is 10.5. The van der Waals surface area contributed by atoms with Gasteiger partial charge in [-0.2, -0.15) is 0 Å². The van der Waals surface area contributed by atoms with Gasteiger partial charge in [0.1, 0.15) is 17.8 Å². The third kappa shape index (κ3) is 9.37. The van der Waals surface area contributed by atoms with E-state index in [1.165, 1.54) is 17.3 Å². The number of ether oxygens (including phenoxy) is 4. The van der Waals surface area contributed by atoms with Crippen molar-refractivity contribution < 1.29 is 33.3 Å². The summed E-state index contributed by atoms with van der Waals surface area (Å²) in [6, 6.07) is 17.1. The van der Waals surface area contributed by atoms with Crippen LogP contribution < -0.4 is 16.0 Å². The van der Waals surface area contributed by atoms with Gasteiger partial charge in [0.2, 0.25) is 6.41 Å². The molecule has 2 aliphatic carbocycles. The van der Waals surface area contributed by atoms with Gasteiger partial charge in [0.15, 0.2) is 6.29 Å². The molecule has 1 fully saturated rings. The average Bonchev–Trinajstić information content (AvgIpc) is 3.44. The lowest BCUT2D eigenvalue weighted by Gasteiger charge is -2.40. The summed E-state index contributed by atoms with van der Waals surface area (Å²) in [5, 5.41) is 2.61. The van der Waals surface area contributed by atoms with E-state index in [9.17, 15) is 14.4 Å². The number of allylic oxidation sites excluding steroid dienone is 1. The highest BCUT2D eigenvalue weighted by atomic mass is 16.6. The van der Waals surface area contributed by atoms with Crippen LogP contribution >= 0.6 is 0 Å². The number of nitrogens with one attached hydrogen (secondary N) is 1. The van der Waals surface area contributed by atoms with Gasteiger partial charge in [-0.25, -0.2) is 4.98 Å². The largest absolute Gasteiger partial charge is 0.404 e. The van der Waals surface area contributed by atoms with Gasteiger partial charge < -0.3 is 34.9 Å².